The molecule has 59 heavy (non-hydrogen) atoms. The Bertz CT molecular complexity index is 1230. The maximum Gasteiger partial charge on any atom is 0.300 e. The van der Waals surface area contributed by atoms with Gasteiger partial charge < -0.3 is 94.6 Å². The second-order valence-electron chi connectivity index (χ2n) is 13.3. The lowest BCUT2D eigenvalue weighted by atomic mass is 10.0. The number of primary amides is 1. The fourth-order valence-electron chi connectivity index (χ4n) is 5.39. The zero-order chi connectivity index (χ0) is 43.3. The van der Waals surface area contributed by atoms with Crippen LogP contribution in [0.15, 0.2) is 11.6 Å². The van der Waals surface area contributed by atoms with E-state index in [1.54, 1.807) is 0 Å². The number of carbonyl (C=O) groups excluding carboxylic acids is 4. The number of hydrogen-bond acceptors (Lipinski definition) is 19. The van der Waals surface area contributed by atoms with Gasteiger partial charge in [0.05, 0.1) is 98.1 Å². The lowest BCUT2D eigenvalue weighted by Gasteiger charge is -2.35. The van der Waals surface area contributed by atoms with Crippen LogP contribution in [-0.2, 0) is 66.5 Å². The van der Waals surface area contributed by atoms with Crippen LogP contribution >= 0.6 is 0 Å². The molecule has 23 nitrogen and oxygen atoms in total. The predicted molar refractivity (Wildman–Crippen MR) is 201 cm³/mol. The summed E-state index contributed by atoms with van der Waals surface area (Å²) in [6.07, 6.45) is -4.27. The van der Waals surface area contributed by atoms with Crippen LogP contribution in [0.1, 0.15) is 39.0 Å². The zero-order valence-electron chi connectivity index (χ0n) is 33.6. The number of unbranched alkanes of at least 4 members (excludes halogenated alkanes) is 1. The quantitative estimate of drug-likeness (QED) is 0.0276. The molecule has 0 saturated carbocycles. The van der Waals surface area contributed by atoms with E-state index in [-0.39, 0.29) is 122 Å². The third-order valence-electron chi connectivity index (χ3n) is 8.44. The molecule has 0 aliphatic carbocycles. The van der Waals surface area contributed by atoms with Crippen LogP contribution < -0.4 is 21.7 Å². The first-order chi connectivity index (χ1) is 28.4. The lowest BCUT2D eigenvalue weighted by Crippen LogP contribution is -2.50. The van der Waals surface area contributed by atoms with Crippen LogP contribution in [0.5, 0.6) is 0 Å². The molecule has 2 aliphatic heterocycles. The maximum absolute atomic E-state index is 12.2. The highest BCUT2D eigenvalue weighted by Crippen LogP contribution is 2.24. The second-order valence-corrected chi connectivity index (χ2v) is 13.3. The van der Waals surface area contributed by atoms with Gasteiger partial charge >= 0.3 is 0 Å². The fourth-order valence-corrected chi connectivity index (χ4v) is 5.39. The number of carbonyl (C=O) groups is 4. The lowest BCUT2D eigenvalue weighted by molar-refractivity contribution is -0.259. The molecular formula is C36H64N4O19. The molecule has 4 amide bonds. The van der Waals surface area contributed by atoms with Gasteiger partial charge in [-0.2, -0.15) is 0 Å². The van der Waals surface area contributed by atoms with Crippen molar-refractivity contribution in [2.45, 2.75) is 81.9 Å². The molecule has 342 valence electrons. The number of aliphatic hydroxyl groups is 5. The van der Waals surface area contributed by atoms with Gasteiger partial charge in [0.15, 0.2) is 12.4 Å². The van der Waals surface area contributed by atoms with Crippen molar-refractivity contribution in [3.8, 4) is 0 Å². The van der Waals surface area contributed by atoms with Crippen molar-refractivity contribution in [2.24, 2.45) is 5.73 Å². The number of rotatable bonds is 34. The van der Waals surface area contributed by atoms with Crippen molar-refractivity contribution in [3.05, 3.63) is 11.6 Å². The summed E-state index contributed by atoms with van der Waals surface area (Å²) in [6, 6.07) is -0.899. The van der Waals surface area contributed by atoms with E-state index < -0.39 is 67.9 Å². The first-order valence-corrected chi connectivity index (χ1v) is 19.6. The van der Waals surface area contributed by atoms with Crippen molar-refractivity contribution in [1.29, 1.82) is 0 Å². The van der Waals surface area contributed by atoms with Gasteiger partial charge in [0.1, 0.15) is 43.8 Å². The Morgan fingerprint density at radius 1 is 0.746 bits per heavy atom. The molecule has 2 rings (SSSR count). The smallest absolute Gasteiger partial charge is 0.300 e. The number of aliphatic hydroxyl groups excluding tert-OH is 5. The molecule has 7 atom stereocenters. The molecule has 0 aromatic heterocycles. The Balaban J connectivity index is 1.38. The molecule has 2 aliphatic rings. The molecule has 23 heteroatoms. The summed E-state index contributed by atoms with van der Waals surface area (Å²) >= 11 is 0. The normalized spacial score (nSPS) is 22.3. The van der Waals surface area contributed by atoms with E-state index in [0.717, 1.165) is 0 Å². The summed E-state index contributed by atoms with van der Waals surface area (Å²) < 4.78 is 54.0. The van der Waals surface area contributed by atoms with E-state index in [0.29, 0.717) is 32.6 Å². The molecular weight excluding hydrogens is 792 g/mol. The first-order valence-electron chi connectivity index (χ1n) is 19.6. The minimum atomic E-state index is -1.16. The largest absolute Gasteiger partial charge is 0.462 e. The van der Waals surface area contributed by atoms with Gasteiger partial charge in [-0.1, -0.05) is 0 Å². The van der Waals surface area contributed by atoms with E-state index in [4.69, 9.17) is 53.1 Å². The van der Waals surface area contributed by atoms with Crippen LogP contribution in [0.3, 0.4) is 0 Å². The molecule has 10 N–H and O–H groups in total. The fraction of sp³-hybridized carbons (Fsp3) is 0.833. The van der Waals surface area contributed by atoms with Gasteiger partial charge in [-0.25, -0.2) is 0 Å². The summed E-state index contributed by atoms with van der Waals surface area (Å²) in [7, 11) is 0. The highest BCUT2D eigenvalue weighted by atomic mass is 16.7. The molecule has 0 spiro atoms. The van der Waals surface area contributed by atoms with Crippen molar-refractivity contribution < 1.29 is 92.1 Å². The Morgan fingerprint density at radius 2 is 1.31 bits per heavy atom. The van der Waals surface area contributed by atoms with Gasteiger partial charge in [0.25, 0.3) is 5.95 Å². The number of ether oxygens (including phenoxy) is 10. The molecule has 1 fully saturated rings. The number of amides is 4. The van der Waals surface area contributed by atoms with Crippen LogP contribution in [-0.4, -0.2) is 204 Å². The van der Waals surface area contributed by atoms with E-state index >= 15 is 0 Å². The number of nitrogens with two attached hydrogens (primary N) is 1. The van der Waals surface area contributed by atoms with E-state index in [1.165, 1.54) is 6.92 Å². The van der Waals surface area contributed by atoms with Crippen LogP contribution in [0.25, 0.3) is 0 Å². The minimum absolute atomic E-state index is 0.00986. The predicted octanol–water partition coefficient (Wildman–Crippen LogP) is -4.35. The van der Waals surface area contributed by atoms with E-state index in [1.807, 2.05) is 0 Å². The highest BCUT2D eigenvalue weighted by molar-refractivity contribution is 5.87. The molecule has 0 radical (unpaired) electrons. The average Bonchev–Trinajstić information content (AvgIpc) is 3.19. The standard InChI is InChI=1S/C36H64N4O19/c1-24(43)39-26-18-27(44)29(20-41)59-36(26)57-17-15-53-9-7-51-11-13-55-23-32(47)40-25(35(37)49)4-2-3-5-38-31(46)22-54-12-10-50-6-8-52-14-16-56-33-19-28(45)34(48)30(21-42)58-33/h25,27-30,33-34,41-42,44-45,48H,2-23H2,1H3,(H2,37,49)(H,38,46)(H,39,43)(H,40,47). The van der Waals surface area contributed by atoms with Gasteiger partial charge in [-0.3, -0.25) is 19.2 Å². The molecule has 7 unspecified atom stereocenters. The highest BCUT2D eigenvalue weighted by Gasteiger charge is 2.37. The summed E-state index contributed by atoms with van der Waals surface area (Å²) in [6.45, 7) is 2.83. The van der Waals surface area contributed by atoms with Gasteiger partial charge in [-0.05, 0) is 19.3 Å². The summed E-state index contributed by atoms with van der Waals surface area (Å²) in [4.78, 5) is 47.5. The molecule has 2 heterocycles. The topological polar surface area (TPSA) is 324 Å². The first kappa shape index (κ1) is 51.8. The summed E-state index contributed by atoms with van der Waals surface area (Å²) in [5.74, 6) is -1.87. The Kier molecular flexibility index (Phi) is 27.7. The minimum Gasteiger partial charge on any atom is -0.462 e. The van der Waals surface area contributed by atoms with E-state index in [9.17, 15) is 44.7 Å². The Morgan fingerprint density at radius 3 is 1.88 bits per heavy atom. The Labute approximate surface area is 343 Å². The maximum atomic E-state index is 12.2. The van der Waals surface area contributed by atoms with Gasteiger partial charge in [0, 0.05) is 26.3 Å². The average molecular weight is 857 g/mol. The van der Waals surface area contributed by atoms with Crippen molar-refractivity contribution in [1.82, 2.24) is 16.0 Å². The SMILES string of the molecule is CC(=O)NC1=C(OCCOCCOCCOCC(=O)NC(CCCCNC(=O)COCCOCCOCCOC2CC(O)C(O)C(CO)O2)C(N)=O)OC(CO)C(O)C1. The Hall–Kier alpha value is -3.30. The molecule has 0 bridgehead atoms. The van der Waals surface area contributed by atoms with Crippen molar-refractivity contribution >= 4 is 23.6 Å². The third-order valence-corrected chi connectivity index (χ3v) is 8.44. The number of nitrogens with one attached hydrogen (secondary N) is 3. The van der Waals surface area contributed by atoms with Gasteiger partial charge in [0.2, 0.25) is 23.6 Å². The van der Waals surface area contributed by atoms with Crippen LogP contribution in [0.4, 0.5) is 0 Å². The molecule has 0 aromatic rings. The second kappa shape index (κ2) is 31.6. The van der Waals surface area contributed by atoms with Crippen LogP contribution in [0, 0.1) is 0 Å². The van der Waals surface area contributed by atoms with E-state index in [2.05, 4.69) is 16.0 Å². The zero-order valence-corrected chi connectivity index (χ0v) is 33.6. The number of hydrogen-bond donors (Lipinski definition) is 9. The molecule has 1 saturated heterocycles. The summed E-state index contributed by atoms with van der Waals surface area (Å²) in [5.41, 5.74) is 5.71. The third kappa shape index (κ3) is 23.3. The van der Waals surface area contributed by atoms with Crippen molar-refractivity contribution in [2.75, 3.05) is 112 Å². The molecule has 0 aromatic carbocycles. The van der Waals surface area contributed by atoms with Crippen molar-refractivity contribution in [3.63, 3.8) is 0 Å². The monoisotopic (exact) mass is 856 g/mol. The van der Waals surface area contributed by atoms with Crippen LogP contribution in [0.2, 0.25) is 0 Å². The van der Waals surface area contributed by atoms with Gasteiger partial charge in [-0.15, -0.1) is 0 Å². The summed E-state index contributed by atoms with van der Waals surface area (Å²) in [5, 5.41) is 55.9.